The molecule has 1 fully saturated rings. The molecule has 1 aliphatic heterocycles. The molecule has 0 aromatic heterocycles. The first-order valence-electron chi connectivity index (χ1n) is 8.73. The number of hydrogen-bond donors (Lipinski definition) is 0. The van der Waals surface area contributed by atoms with Crippen LogP contribution in [0.25, 0.3) is 16.8 Å². The number of imide groups is 1. The number of methoxy groups -OCH3 is 1. The van der Waals surface area contributed by atoms with Crippen molar-refractivity contribution in [2.75, 3.05) is 7.11 Å². The van der Waals surface area contributed by atoms with Gasteiger partial charge in [0.2, 0.25) is 0 Å². The number of nitrogens with zero attached hydrogens (tertiary/aromatic N) is 1. The summed E-state index contributed by atoms with van der Waals surface area (Å²) in [6.07, 6.45) is 1.70. The van der Waals surface area contributed by atoms with E-state index in [-0.39, 0.29) is 17.7 Å². The molecule has 146 valence electrons. The van der Waals surface area contributed by atoms with Crippen molar-refractivity contribution < 1.29 is 14.3 Å². The number of hydrogen-bond acceptors (Lipinski definition) is 4. The Labute approximate surface area is 189 Å². The molecule has 4 rings (SSSR count). The Morgan fingerprint density at radius 2 is 1.83 bits per heavy atom. The van der Waals surface area contributed by atoms with Gasteiger partial charge in [-0.05, 0) is 62.2 Å². The number of rotatable bonds is 4. The summed E-state index contributed by atoms with van der Waals surface area (Å²) in [6, 6.07) is 17.6. The standard InChI is InChI=1S/C22H15Br2NO3S/c1-28-20-15(9-16(23)11-18(20)24)10-19-21(26)25(22(27)29-19)12-14-7-4-6-13-5-2-3-8-17(13)14/h2-11H,12H2,1H3/b19-10-. The summed E-state index contributed by atoms with van der Waals surface area (Å²) in [4.78, 5) is 27.2. The fourth-order valence-electron chi connectivity index (χ4n) is 3.28. The lowest BCUT2D eigenvalue weighted by Crippen LogP contribution is -2.27. The van der Waals surface area contributed by atoms with Gasteiger partial charge in [0, 0.05) is 10.0 Å². The van der Waals surface area contributed by atoms with Crippen LogP contribution in [0.1, 0.15) is 11.1 Å². The van der Waals surface area contributed by atoms with Gasteiger partial charge in [-0.15, -0.1) is 0 Å². The van der Waals surface area contributed by atoms with Crippen LogP contribution in [0.15, 0.2) is 68.4 Å². The van der Waals surface area contributed by atoms with Crippen molar-refractivity contribution in [2.24, 2.45) is 0 Å². The van der Waals surface area contributed by atoms with E-state index in [0.717, 1.165) is 37.0 Å². The molecule has 7 heteroatoms. The van der Waals surface area contributed by atoms with Crippen molar-refractivity contribution in [3.63, 3.8) is 0 Å². The van der Waals surface area contributed by atoms with Gasteiger partial charge in [-0.2, -0.15) is 0 Å². The molecule has 0 atom stereocenters. The minimum absolute atomic E-state index is 0.239. The molecule has 1 heterocycles. The summed E-state index contributed by atoms with van der Waals surface area (Å²) >= 11 is 7.85. The summed E-state index contributed by atoms with van der Waals surface area (Å²) in [6.45, 7) is 0.239. The van der Waals surface area contributed by atoms with Gasteiger partial charge < -0.3 is 4.74 Å². The highest BCUT2D eigenvalue weighted by molar-refractivity contribution is 9.11. The van der Waals surface area contributed by atoms with Crippen LogP contribution in [0.5, 0.6) is 5.75 Å². The zero-order valence-corrected chi connectivity index (χ0v) is 19.3. The van der Waals surface area contributed by atoms with Crippen molar-refractivity contribution in [3.8, 4) is 5.75 Å². The molecule has 3 aromatic carbocycles. The largest absolute Gasteiger partial charge is 0.495 e. The summed E-state index contributed by atoms with van der Waals surface area (Å²) in [5, 5.41) is 1.84. The van der Waals surface area contributed by atoms with Crippen molar-refractivity contribution >= 4 is 71.6 Å². The van der Waals surface area contributed by atoms with Crippen LogP contribution in [0.2, 0.25) is 0 Å². The number of thioether (sulfide) groups is 1. The Hall–Kier alpha value is -2.09. The van der Waals surface area contributed by atoms with Crippen LogP contribution < -0.4 is 4.74 Å². The molecule has 0 N–H and O–H groups in total. The SMILES string of the molecule is COc1c(Br)cc(Br)cc1/C=C1\SC(=O)N(Cc2cccc3ccccc23)C1=O. The molecular weight excluding hydrogens is 518 g/mol. The number of carbonyl (C=O) groups is 2. The molecule has 2 amide bonds. The van der Waals surface area contributed by atoms with Crippen molar-refractivity contribution in [1.82, 2.24) is 4.90 Å². The van der Waals surface area contributed by atoms with E-state index in [1.807, 2.05) is 54.6 Å². The van der Waals surface area contributed by atoms with Crippen molar-refractivity contribution in [1.29, 1.82) is 0 Å². The minimum atomic E-state index is -0.300. The average molecular weight is 533 g/mol. The average Bonchev–Trinajstić information content (AvgIpc) is 2.95. The van der Waals surface area contributed by atoms with E-state index in [1.165, 1.54) is 4.90 Å². The molecule has 0 unspecified atom stereocenters. The fourth-order valence-corrected chi connectivity index (χ4v) is 5.53. The van der Waals surface area contributed by atoms with Crippen LogP contribution in [-0.4, -0.2) is 23.2 Å². The Bertz CT molecular complexity index is 1170. The quantitative estimate of drug-likeness (QED) is 0.355. The predicted octanol–water partition coefficient (Wildman–Crippen LogP) is 6.61. The van der Waals surface area contributed by atoms with Crippen LogP contribution in [0, 0.1) is 0 Å². The third-order valence-electron chi connectivity index (χ3n) is 4.61. The zero-order chi connectivity index (χ0) is 20.5. The molecule has 0 radical (unpaired) electrons. The molecule has 0 bridgehead atoms. The van der Waals surface area contributed by atoms with E-state index in [2.05, 4.69) is 31.9 Å². The maximum Gasteiger partial charge on any atom is 0.293 e. The van der Waals surface area contributed by atoms with Gasteiger partial charge in [-0.1, -0.05) is 58.4 Å². The summed E-state index contributed by atoms with van der Waals surface area (Å²) < 4.78 is 7.04. The molecule has 0 saturated carbocycles. The lowest BCUT2D eigenvalue weighted by molar-refractivity contribution is -0.123. The van der Waals surface area contributed by atoms with Gasteiger partial charge in [0.1, 0.15) is 5.75 Å². The van der Waals surface area contributed by atoms with Gasteiger partial charge >= 0.3 is 0 Å². The topological polar surface area (TPSA) is 46.6 Å². The molecule has 4 nitrogen and oxygen atoms in total. The van der Waals surface area contributed by atoms with Crippen LogP contribution in [0.3, 0.4) is 0 Å². The lowest BCUT2D eigenvalue weighted by atomic mass is 10.0. The maximum absolute atomic E-state index is 13.0. The van der Waals surface area contributed by atoms with Crippen LogP contribution in [-0.2, 0) is 11.3 Å². The molecule has 3 aromatic rings. The molecule has 1 saturated heterocycles. The van der Waals surface area contributed by atoms with Gasteiger partial charge in [0.05, 0.1) is 23.0 Å². The Kier molecular flexibility index (Phi) is 5.81. The van der Waals surface area contributed by atoms with Gasteiger partial charge in [-0.3, -0.25) is 14.5 Å². The monoisotopic (exact) mass is 531 g/mol. The molecule has 1 aliphatic rings. The number of benzene rings is 3. The van der Waals surface area contributed by atoms with E-state index in [0.29, 0.717) is 16.2 Å². The summed E-state index contributed by atoms with van der Waals surface area (Å²) in [5.41, 5.74) is 1.65. The van der Waals surface area contributed by atoms with E-state index in [4.69, 9.17) is 4.74 Å². The van der Waals surface area contributed by atoms with Gasteiger partial charge in [0.25, 0.3) is 11.1 Å². The molecule has 29 heavy (non-hydrogen) atoms. The first-order valence-corrected chi connectivity index (χ1v) is 11.1. The van der Waals surface area contributed by atoms with Gasteiger partial charge in [-0.25, -0.2) is 0 Å². The minimum Gasteiger partial charge on any atom is -0.495 e. The summed E-state index contributed by atoms with van der Waals surface area (Å²) in [5.74, 6) is 0.306. The highest BCUT2D eigenvalue weighted by Crippen LogP contribution is 2.38. The molecule has 0 spiro atoms. The Balaban J connectivity index is 1.67. The third kappa shape index (κ3) is 3.99. The summed E-state index contributed by atoms with van der Waals surface area (Å²) in [7, 11) is 1.57. The number of amides is 2. The normalized spacial score (nSPS) is 15.6. The van der Waals surface area contributed by atoms with E-state index in [1.54, 1.807) is 13.2 Å². The van der Waals surface area contributed by atoms with E-state index >= 15 is 0 Å². The second-order valence-corrected chi connectivity index (χ2v) is 9.18. The molecule has 0 aliphatic carbocycles. The fraction of sp³-hybridized carbons (Fsp3) is 0.0909. The number of halogens is 2. The van der Waals surface area contributed by atoms with Crippen molar-refractivity contribution in [3.05, 3.63) is 79.6 Å². The second-order valence-electron chi connectivity index (χ2n) is 6.42. The second kappa shape index (κ2) is 8.34. The predicted molar refractivity (Wildman–Crippen MR) is 124 cm³/mol. The first-order chi connectivity index (χ1) is 14.0. The highest BCUT2D eigenvalue weighted by atomic mass is 79.9. The van der Waals surface area contributed by atoms with Crippen LogP contribution >= 0.6 is 43.6 Å². The highest BCUT2D eigenvalue weighted by Gasteiger charge is 2.35. The third-order valence-corrected chi connectivity index (χ3v) is 6.56. The van der Waals surface area contributed by atoms with E-state index in [9.17, 15) is 9.59 Å². The maximum atomic E-state index is 13.0. The number of carbonyl (C=O) groups excluding carboxylic acids is 2. The smallest absolute Gasteiger partial charge is 0.293 e. The van der Waals surface area contributed by atoms with Crippen LogP contribution in [0.4, 0.5) is 4.79 Å². The lowest BCUT2D eigenvalue weighted by Gasteiger charge is -2.14. The number of ether oxygens (including phenoxy) is 1. The van der Waals surface area contributed by atoms with E-state index < -0.39 is 0 Å². The number of fused-ring (bicyclic) bond motifs is 1. The Morgan fingerprint density at radius 3 is 2.62 bits per heavy atom. The molecular formula is C22H15Br2NO3S. The van der Waals surface area contributed by atoms with Crippen molar-refractivity contribution in [2.45, 2.75) is 6.54 Å². The Morgan fingerprint density at radius 1 is 1.07 bits per heavy atom. The zero-order valence-electron chi connectivity index (χ0n) is 15.3. The van der Waals surface area contributed by atoms with Gasteiger partial charge in [0.15, 0.2) is 0 Å². The first kappa shape index (κ1) is 20.2.